The number of anilines is 5. The molecular weight excluding hydrogens is 763 g/mol. The van der Waals surface area contributed by atoms with Crippen molar-refractivity contribution in [1.29, 1.82) is 0 Å². The number of furan rings is 1. The van der Waals surface area contributed by atoms with E-state index in [-0.39, 0.29) is 16.2 Å². The summed E-state index contributed by atoms with van der Waals surface area (Å²) in [6.07, 6.45) is 2.36. The maximum absolute atomic E-state index is 7.06. The Morgan fingerprint density at radius 2 is 1.16 bits per heavy atom. The summed E-state index contributed by atoms with van der Waals surface area (Å²) in [4.78, 5) is 2.65. The number of hydrogen-bond acceptors (Lipinski definition) is 3. The molecule has 1 aliphatic carbocycles. The van der Waals surface area contributed by atoms with E-state index < -0.39 is 0 Å². The van der Waals surface area contributed by atoms with Gasteiger partial charge in [0.1, 0.15) is 11.2 Å². The molecule has 0 radical (unpaired) electrons. The molecule has 2 aliphatic heterocycles. The lowest BCUT2D eigenvalue weighted by molar-refractivity contribution is 0.331. The Bertz CT molecular complexity index is 3300. The highest BCUT2D eigenvalue weighted by molar-refractivity contribution is 6.74. The Morgan fingerprint density at radius 3 is 1.89 bits per heavy atom. The number of fused-ring (bicyclic) bond motifs is 8. The van der Waals surface area contributed by atoms with Crippen molar-refractivity contribution in [3.05, 3.63) is 186 Å². The first-order valence-corrected chi connectivity index (χ1v) is 22.7. The second-order valence-electron chi connectivity index (χ2n) is 20.1. The van der Waals surface area contributed by atoms with Crippen LogP contribution in [0.1, 0.15) is 76.6 Å². The van der Waals surface area contributed by atoms with Crippen molar-refractivity contribution in [2.24, 2.45) is 0 Å². The van der Waals surface area contributed by atoms with Crippen LogP contribution in [-0.2, 0) is 16.2 Å². The van der Waals surface area contributed by atoms with Crippen molar-refractivity contribution in [2.45, 2.75) is 70.6 Å². The molecule has 0 bridgehead atoms. The van der Waals surface area contributed by atoms with Crippen molar-refractivity contribution in [1.82, 2.24) is 0 Å². The van der Waals surface area contributed by atoms with Crippen LogP contribution in [0.2, 0.25) is 0 Å². The largest absolute Gasteiger partial charge is 0.455 e. The van der Waals surface area contributed by atoms with Crippen molar-refractivity contribution in [3.8, 4) is 33.4 Å². The van der Waals surface area contributed by atoms with E-state index >= 15 is 0 Å². The van der Waals surface area contributed by atoms with Gasteiger partial charge in [-0.1, -0.05) is 174 Å². The molecule has 306 valence electrons. The fraction of sp³-hybridized carbons (Fsp3) is 0.186. The zero-order valence-corrected chi connectivity index (χ0v) is 37.1. The molecule has 0 unspecified atom stereocenters. The number of rotatable bonds is 5. The molecule has 0 fully saturated rings. The molecule has 0 saturated carbocycles. The molecule has 3 heterocycles. The van der Waals surface area contributed by atoms with Crippen molar-refractivity contribution in [3.63, 3.8) is 0 Å². The quantitative estimate of drug-likeness (QED) is 0.175. The van der Waals surface area contributed by atoms with Crippen LogP contribution < -0.4 is 21.1 Å². The second kappa shape index (κ2) is 13.6. The molecule has 3 aliphatic rings. The average Bonchev–Trinajstić information content (AvgIpc) is 3.67. The number of hydrogen-bond donors (Lipinski definition) is 1. The standard InChI is InChI=1S/C59H51BN2O/c1-57(2)30-31-58(3,4)46-35-50-47(34-45(46)57)59(5,6)44-21-15-22-48-55(44)62(50)51-33-43-41-20-13-14-23-52(41)63-56(43)53(54(51)60-48)42-29-26-39(37-18-11-8-12-19-37)32-49(42)61-40-27-24-38(25-28-40)36-16-9-7-10-17-36/h7-29,32-35,60-61H,30-31H2,1-6H3. The summed E-state index contributed by atoms with van der Waals surface area (Å²) in [5.74, 6) is 0. The lowest BCUT2D eigenvalue weighted by Crippen LogP contribution is -2.46. The molecule has 0 atom stereocenters. The van der Waals surface area contributed by atoms with Crippen molar-refractivity contribution in [2.75, 3.05) is 10.2 Å². The zero-order valence-electron chi connectivity index (χ0n) is 37.1. The van der Waals surface area contributed by atoms with E-state index in [4.69, 9.17) is 4.42 Å². The minimum atomic E-state index is -0.183. The molecule has 1 aromatic heterocycles. The van der Waals surface area contributed by atoms with E-state index in [1.165, 1.54) is 79.8 Å². The van der Waals surface area contributed by atoms with Crippen LogP contribution in [0.25, 0.3) is 55.3 Å². The third-order valence-electron chi connectivity index (χ3n) is 14.9. The van der Waals surface area contributed by atoms with E-state index in [1.54, 1.807) is 0 Å². The summed E-state index contributed by atoms with van der Waals surface area (Å²) in [6, 6.07) is 60.3. The molecule has 4 heteroatoms. The highest BCUT2D eigenvalue weighted by Gasteiger charge is 2.45. The van der Waals surface area contributed by atoms with E-state index in [9.17, 15) is 0 Å². The number of nitrogens with zero attached hydrogens (tertiary/aromatic N) is 1. The topological polar surface area (TPSA) is 28.4 Å². The molecule has 8 aromatic carbocycles. The van der Waals surface area contributed by atoms with Gasteiger partial charge < -0.3 is 14.6 Å². The fourth-order valence-electron chi connectivity index (χ4n) is 11.3. The lowest BCUT2D eigenvalue weighted by Gasteiger charge is -2.49. The SMILES string of the molecule is CC1(C)CCC(C)(C)c2cc3c(cc21)N1c2cc4c(oc5ccccc54)c(-c4ccc(-c5ccccc5)cc4Nc4ccc(-c5ccccc5)cc4)c2Bc2cccc(c21)C3(C)C. The van der Waals surface area contributed by atoms with Gasteiger partial charge in [-0.2, -0.15) is 0 Å². The average molecular weight is 815 g/mol. The number of para-hydroxylation sites is 2. The molecule has 3 nitrogen and oxygen atoms in total. The van der Waals surface area contributed by atoms with Gasteiger partial charge >= 0.3 is 0 Å². The fourth-order valence-corrected chi connectivity index (χ4v) is 11.3. The number of nitrogens with one attached hydrogen (secondary N) is 1. The zero-order chi connectivity index (χ0) is 42.8. The minimum Gasteiger partial charge on any atom is -0.455 e. The highest BCUT2D eigenvalue weighted by atomic mass is 16.3. The summed E-state index contributed by atoms with van der Waals surface area (Å²) < 4.78 is 7.06. The predicted octanol–water partition coefficient (Wildman–Crippen LogP) is 14.5. The van der Waals surface area contributed by atoms with E-state index in [0.29, 0.717) is 0 Å². The third-order valence-corrected chi connectivity index (χ3v) is 14.9. The Kier molecular flexibility index (Phi) is 8.20. The summed E-state index contributed by atoms with van der Waals surface area (Å²) in [7, 11) is 0.790. The normalized spacial score (nSPS) is 16.1. The number of benzene rings is 8. The van der Waals surface area contributed by atoms with E-state index in [2.05, 4.69) is 216 Å². The van der Waals surface area contributed by atoms with Crippen LogP contribution in [0.3, 0.4) is 0 Å². The van der Waals surface area contributed by atoms with Crippen LogP contribution in [0, 0.1) is 0 Å². The maximum atomic E-state index is 7.06. The second-order valence-corrected chi connectivity index (χ2v) is 20.1. The van der Waals surface area contributed by atoms with Gasteiger partial charge in [0.2, 0.25) is 0 Å². The highest BCUT2D eigenvalue weighted by Crippen LogP contribution is 2.57. The Hall–Kier alpha value is -6.78. The molecule has 63 heavy (non-hydrogen) atoms. The molecule has 1 N–H and O–H groups in total. The van der Waals surface area contributed by atoms with Crippen LogP contribution in [0.4, 0.5) is 28.4 Å². The Labute approximate surface area is 371 Å². The van der Waals surface area contributed by atoms with Gasteiger partial charge in [0, 0.05) is 50.1 Å². The van der Waals surface area contributed by atoms with Crippen molar-refractivity contribution >= 4 is 68.6 Å². The van der Waals surface area contributed by atoms with Gasteiger partial charge in [-0.05, 0) is 110 Å². The molecule has 9 aromatic rings. The minimum absolute atomic E-state index is 0.0681. The van der Waals surface area contributed by atoms with Crippen LogP contribution in [0.15, 0.2) is 168 Å². The van der Waals surface area contributed by atoms with Gasteiger partial charge in [0.15, 0.2) is 7.28 Å². The molecular formula is C59H51BN2O. The monoisotopic (exact) mass is 814 g/mol. The van der Waals surface area contributed by atoms with Gasteiger partial charge in [-0.15, -0.1) is 0 Å². The summed E-state index contributed by atoms with van der Waals surface area (Å²) in [6.45, 7) is 14.7. The Balaban J connectivity index is 1.13. The van der Waals surface area contributed by atoms with Gasteiger partial charge in [-0.25, -0.2) is 0 Å². The van der Waals surface area contributed by atoms with Crippen LogP contribution in [0.5, 0.6) is 0 Å². The van der Waals surface area contributed by atoms with Crippen molar-refractivity contribution < 1.29 is 4.42 Å². The van der Waals surface area contributed by atoms with Gasteiger partial charge in [0.25, 0.3) is 0 Å². The summed E-state index contributed by atoms with van der Waals surface area (Å²) in [5.41, 5.74) is 23.2. The van der Waals surface area contributed by atoms with E-state index in [0.717, 1.165) is 57.3 Å². The predicted molar refractivity (Wildman–Crippen MR) is 268 cm³/mol. The molecule has 0 amide bonds. The first-order chi connectivity index (χ1) is 30.5. The van der Waals surface area contributed by atoms with E-state index in [1.807, 2.05) is 0 Å². The third kappa shape index (κ3) is 5.80. The first kappa shape index (κ1) is 37.9. The lowest BCUT2D eigenvalue weighted by atomic mass is 9.55. The molecule has 0 spiro atoms. The van der Waals surface area contributed by atoms with Gasteiger partial charge in [-0.3, -0.25) is 0 Å². The summed E-state index contributed by atoms with van der Waals surface area (Å²) >= 11 is 0. The smallest absolute Gasteiger partial charge is 0.198 e. The summed E-state index contributed by atoms with van der Waals surface area (Å²) in [5, 5.41) is 6.22. The van der Waals surface area contributed by atoms with Crippen LogP contribution in [-0.4, -0.2) is 7.28 Å². The van der Waals surface area contributed by atoms with Gasteiger partial charge in [0.05, 0.1) is 5.69 Å². The molecule has 12 rings (SSSR count). The maximum Gasteiger partial charge on any atom is 0.198 e. The molecule has 0 saturated heterocycles. The first-order valence-electron chi connectivity index (χ1n) is 22.7. The van der Waals surface area contributed by atoms with Crippen LogP contribution >= 0.6 is 0 Å². The Morgan fingerprint density at radius 1 is 0.524 bits per heavy atom.